The van der Waals surface area contributed by atoms with Crippen molar-refractivity contribution < 1.29 is 4.92 Å². The number of hydrogen-bond acceptors (Lipinski definition) is 5. The topological polar surface area (TPSA) is 118 Å². The Labute approximate surface area is 174 Å². The number of nitrogens with one attached hydrogen (secondary N) is 1. The molecule has 0 spiro atoms. The number of benzene rings is 2. The lowest BCUT2D eigenvalue weighted by Gasteiger charge is -2.07. The van der Waals surface area contributed by atoms with Crippen molar-refractivity contribution in [2.45, 2.75) is 0 Å². The van der Waals surface area contributed by atoms with Crippen molar-refractivity contribution in [2.24, 2.45) is 0 Å². The Morgan fingerprint density at radius 2 is 2.00 bits per heavy atom. The molecule has 0 saturated heterocycles. The molecule has 0 aliphatic heterocycles. The number of aromatic nitrogens is 3. The quantitative estimate of drug-likeness (QED) is 0.301. The van der Waals surface area contributed by atoms with Crippen LogP contribution in [0.5, 0.6) is 0 Å². The molecule has 0 aliphatic rings. The van der Waals surface area contributed by atoms with Crippen LogP contribution in [0.2, 0.25) is 5.02 Å². The van der Waals surface area contributed by atoms with Crippen LogP contribution in [-0.2, 0) is 0 Å². The highest BCUT2D eigenvalue weighted by atomic mass is 35.5. The van der Waals surface area contributed by atoms with Gasteiger partial charge in [-0.15, -0.1) is 0 Å². The van der Waals surface area contributed by atoms with E-state index in [1.165, 1.54) is 18.2 Å². The first-order valence-corrected chi connectivity index (χ1v) is 9.08. The number of allylic oxidation sites excluding steroid dienone is 1. The number of fused-ring (bicyclic) bond motifs is 1. The van der Waals surface area contributed by atoms with E-state index in [2.05, 4.69) is 16.0 Å². The molecule has 0 atom stereocenters. The first-order valence-electron chi connectivity index (χ1n) is 8.70. The van der Waals surface area contributed by atoms with Crippen LogP contribution in [0.25, 0.3) is 28.2 Å². The largest absolute Gasteiger partial charge is 0.317 e. The summed E-state index contributed by atoms with van der Waals surface area (Å²) in [6.45, 7) is 0. The Kier molecular flexibility index (Phi) is 4.88. The zero-order valence-electron chi connectivity index (χ0n) is 15.2. The molecule has 2 heterocycles. The Bertz CT molecular complexity index is 1410. The van der Waals surface area contributed by atoms with Gasteiger partial charge in [0.25, 0.3) is 11.2 Å². The van der Waals surface area contributed by atoms with Gasteiger partial charge in [0, 0.05) is 34.7 Å². The van der Waals surface area contributed by atoms with E-state index in [0.29, 0.717) is 27.3 Å². The highest BCUT2D eigenvalue weighted by molar-refractivity contribution is 6.31. The molecule has 0 bridgehead atoms. The Morgan fingerprint density at radius 1 is 1.23 bits per heavy atom. The summed E-state index contributed by atoms with van der Waals surface area (Å²) >= 11 is 5.93. The summed E-state index contributed by atoms with van der Waals surface area (Å²) in [6.07, 6.45) is 3.35. The molecule has 0 unspecified atom stereocenters. The molecule has 0 amide bonds. The number of rotatable bonds is 4. The summed E-state index contributed by atoms with van der Waals surface area (Å²) in [5, 5.41) is 21.3. The fourth-order valence-electron chi connectivity index (χ4n) is 3.02. The van der Waals surface area contributed by atoms with Gasteiger partial charge in [-0.05, 0) is 48.5 Å². The number of nitriles is 1. The van der Waals surface area contributed by atoms with E-state index >= 15 is 0 Å². The zero-order valence-corrected chi connectivity index (χ0v) is 16.0. The predicted molar refractivity (Wildman–Crippen MR) is 113 cm³/mol. The molecule has 9 heteroatoms. The van der Waals surface area contributed by atoms with Crippen molar-refractivity contribution in [3.8, 4) is 11.8 Å². The second kappa shape index (κ2) is 7.66. The van der Waals surface area contributed by atoms with Crippen molar-refractivity contribution >= 4 is 39.8 Å². The second-order valence-electron chi connectivity index (χ2n) is 6.32. The van der Waals surface area contributed by atoms with Gasteiger partial charge in [-0.25, -0.2) is 4.98 Å². The van der Waals surface area contributed by atoms with E-state index in [4.69, 9.17) is 11.6 Å². The van der Waals surface area contributed by atoms with Gasteiger partial charge in [-0.3, -0.25) is 14.9 Å². The van der Waals surface area contributed by atoms with Gasteiger partial charge in [0.15, 0.2) is 5.82 Å². The van der Waals surface area contributed by atoms with Gasteiger partial charge in [-0.2, -0.15) is 5.26 Å². The number of hydrogen-bond donors (Lipinski definition) is 1. The van der Waals surface area contributed by atoms with Crippen LogP contribution in [-0.4, -0.2) is 19.5 Å². The molecule has 30 heavy (non-hydrogen) atoms. The molecule has 4 aromatic rings. The monoisotopic (exact) mass is 417 g/mol. The van der Waals surface area contributed by atoms with Crippen LogP contribution in [0.3, 0.4) is 0 Å². The molecule has 8 nitrogen and oxygen atoms in total. The van der Waals surface area contributed by atoms with E-state index in [1.54, 1.807) is 53.2 Å². The minimum atomic E-state index is -0.469. The fourth-order valence-corrected chi connectivity index (χ4v) is 3.19. The third kappa shape index (κ3) is 3.57. The first kappa shape index (κ1) is 19.1. The lowest BCUT2D eigenvalue weighted by molar-refractivity contribution is -0.384. The van der Waals surface area contributed by atoms with Crippen LogP contribution < -0.4 is 5.56 Å². The number of H-pyrrole nitrogens is 1. The lowest BCUT2D eigenvalue weighted by atomic mass is 10.2. The predicted octanol–water partition coefficient (Wildman–Crippen LogP) is 4.34. The average Bonchev–Trinajstić information content (AvgIpc) is 3.20. The number of nitrogens with zero attached hydrogens (tertiary/aromatic N) is 4. The van der Waals surface area contributed by atoms with Crippen molar-refractivity contribution in [3.63, 3.8) is 0 Å². The van der Waals surface area contributed by atoms with Crippen LogP contribution in [0.15, 0.2) is 65.6 Å². The van der Waals surface area contributed by atoms with Gasteiger partial charge >= 0.3 is 0 Å². The molecular weight excluding hydrogens is 406 g/mol. The maximum absolute atomic E-state index is 12.4. The van der Waals surface area contributed by atoms with Crippen molar-refractivity contribution in [3.05, 3.63) is 97.8 Å². The number of aromatic amines is 1. The summed E-state index contributed by atoms with van der Waals surface area (Å²) in [5.74, 6) is 0.133. The summed E-state index contributed by atoms with van der Waals surface area (Å²) < 4.78 is 1.76. The third-order valence-corrected chi connectivity index (χ3v) is 4.69. The molecular formula is C21H12ClN5O3. The van der Waals surface area contributed by atoms with E-state index < -0.39 is 10.5 Å². The highest BCUT2D eigenvalue weighted by Crippen LogP contribution is 2.22. The Balaban J connectivity index is 1.78. The maximum atomic E-state index is 12.4. The molecule has 1 N–H and O–H groups in total. The Morgan fingerprint density at radius 3 is 2.70 bits per heavy atom. The van der Waals surface area contributed by atoms with Crippen LogP contribution in [0, 0.1) is 21.4 Å². The standard InChI is InChI=1S/C21H12ClN5O3/c22-14-3-8-19-18(11-14)21(28)25-20(24-19)13(12-23)10-17-2-1-9-26(17)15-4-6-16(7-5-15)27(29)30/h1-11H,(H,24,25,28). The molecule has 4 rings (SSSR count). The van der Waals surface area contributed by atoms with Gasteiger partial charge < -0.3 is 9.55 Å². The zero-order chi connectivity index (χ0) is 21.3. The summed E-state index contributed by atoms with van der Waals surface area (Å²) in [4.78, 5) is 29.8. The van der Waals surface area contributed by atoms with Gasteiger partial charge in [0.1, 0.15) is 6.07 Å². The van der Waals surface area contributed by atoms with E-state index in [-0.39, 0.29) is 17.1 Å². The molecule has 0 radical (unpaired) electrons. The van der Waals surface area contributed by atoms with Gasteiger partial charge in [0.05, 0.1) is 21.4 Å². The molecule has 0 fully saturated rings. The summed E-state index contributed by atoms with van der Waals surface area (Å²) in [5.41, 5.74) is 1.49. The first-order chi connectivity index (χ1) is 14.5. The lowest BCUT2D eigenvalue weighted by Crippen LogP contribution is -2.11. The van der Waals surface area contributed by atoms with Crippen LogP contribution >= 0.6 is 11.6 Å². The molecule has 2 aromatic carbocycles. The second-order valence-corrected chi connectivity index (χ2v) is 6.76. The van der Waals surface area contributed by atoms with Crippen molar-refractivity contribution in [1.82, 2.24) is 14.5 Å². The number of nitro groups is 1. The third-order valence-electron chi connectivity index (χ3n) is 4.45. The van der Waals surface area contributed by atoms with E-state index in [1.807, 2.05) is 0 Å². The SMILES string of the molecule is N#CC(=Cc1cccn1-c1ccc([N+](=O)[O-])cc1)c1nc2ccc(Cl)cc2c(=O)[nH]1. The highest BCUT2D eigenvalue weighted by Gasteiger charge is 2.11. The summed E-state index contributed by atoms with van der Waals surface area (Å²) in [7, 11) is 0. The summed E-state index contributed by atoms with van der Waals surface area (Å²) in [6, 6.07) is 16.4. The van der Waals surface area contributed by atoms with E-state index in [0.717, 1.165) is 0 Å². The molecule has 0 saturated carbocycles. The molecule has 0 aliphatic carbocycles. The van der Waals surface area contributed by atoms with Crippen molar-refractivity contribution in [1.29, 1.82) is 5.26 Å². The Hall–Kier alpha value is -4.22. The van der Waals surface area contributed by atoms with Crippen LogP contribution in [0.1, 0.15) is 11.5 Å². The van der Waals surface area contributed by atoms with Crippen LogP contribution in [0.4, 0.5) is 5.69 Å². The number of non-ortho nitro benzene ring substituents is 1. The average molecular weight is 418 g/mol. The minimum absolute atomic E-state index is 0.0150. The van der Waals surface area contributed by atoms with Gasteiger partial charge in [-0.1, -0.05) is 11.6 Å². The fraction of sp³-hybridized carbons (Fsp3) is 0. The molecule has 2 aromatic heterocycles. The van der Waals surface area contributed by atoms with Gasteiger partial charge in [0.2, 0.25) is 0 Å². The number of nitro benzene ring substituents is 1. The normalized spacial score (nSPS) is 11.4. The molecule has 146 valence electrons. The smallest absolute Gasteiger partial charge is 0.269 e. The maximum Gasteiger partial charge on any atom is 0.269 e. The number of halogens is 1. The van der Waals surface area contributed by atoms with Crippen molar-refractivity contribution in [2.75, 3.05) is 0 Å². The van der Waals surface area contributed by atoms with E-state index in [9.17, 15) is 20.2 Å². The minimum Gasteiger partial charge on any atom is -0.317 e.